The maximum absolute atomic E-state index is 12.5. The van der Waals surface area contributed by atoms with Gasteiger partial charge in [0.15, 0.2) is 0 Å². The second-order valence-corrected chi connectivity index (χ2v) is 8.20. The number of hydrogen-bond acceptors (Lipinski definition) is 4. The number of nitrogens with zero attached hydrogens (tertiary/aromatic N) is 2. The smallest absolute Gasteiger partial charge is 0.225 e. The van der Waals surface area contributed by atoms with Gasteiger partial charge in [-0.2, -0.15) is 0 Å². The summed E-state index contributed by atoms with van der Waals surface area (Å²) in [6.07, 6.45) is 4.14. The normalized spacial score (nSPS) is 25.1. The van der Waals surface area contributed by atoms with E-state index in [0.717, 1.165) is 71.5 Å². The van der Waals surface area contributed by atoms with E-state index in [4.69, 9.17) is 5.73 Å². The van der Waals surface area contributed by atoms with Crippen molar-refractivity contribution in [1.29, 1.82) is 0 Å². The highest BCUT2D eigenvalue weighted by Crippen LogP contribution is 2.31. The van der Waals surface area contributed by atoms with Gasteiger partial charge in [0.05, 0.1) is 5.92 Å². The van der Waals surface area contributed by atoms with E-state index in [9.17, 15) is 4.79 Å². The van der Waals surface area contributed by atoms with Gasteiger partial charge < -0.3 is 11.1 Å². The van der Waals surface area contributed by atoms with Crippen LogP contribution in [0.4, 0.5) is 0 Å². The van der Waals surface area contributed by atoms with Gasteiger partial charge in [0.25, 0.3) is 0 Å². The van der Waals surface area contributed by atoms with Crippen LogP contribution in [0.25, 0.3) is 0 Å². The first-order valence-electron chi connectivity index (χ1n) is 10.1. The van der Waals surface area contributed by atoms with Crippen molar-refractivity contribution in [1.82, 2.24) is 15.1 Å². The molecule has 3 N–H and O–H groups in total. The summed E-state index contributed by atoms with van der Waals surface area (Å²) in [4.78, 5) is 17.4. The van der Waals surface area contributed by atoms with Crippen LogP contribution in [-0.4, -0.2) is 60.5 Å². The van der Waals surface area contributed by atoms with Crippen LogP contribution in [-0.2, 0) is 11.3 Å². The average Bonchev–Trinajstić information content (AvgIpc) is 2.63. The molecule has 1 saturated heterocycles. The second-order valence-electron chi connectivity index (χ2n) is 8.20. The first kappa shape index (κ1) is 28.4. The van der Waals surface area contributed by atoms with Crippen LogP contribution >= 0.6 is 37.2 Å². The molecule has 1 aliphatic heterocycles. The Morgan fingerprint density at radius 3 is 2.31 bits per heavy atom. The van der Waals surface area contributed by atoms with Crippen molar-refractivity contribution in [2.75, 3.05) is 39.3 Å². The number of rotatable bonds is 6. The van der Waals surface area contributed by atoms with E-state index in [2.05, 4.69) is 45.4 Å². The summed E-state index contributed by atoms with van der Waals surface area (Å²) in [7, 11) is 0. The van der Waals surface area contributed by atoms with Crippen molar-refractivity contribution in [2.24, 2.45) is 11.7 Å². The molecule has 1 aromatic rings. The minimum Gasteiger partial charge on any atom is -0.355 e. The third kappa shape index (κ3) is 8.60. The number of benzene rings is 1. The van der Waals surface area contributed by atoms with Crippen LogP contribution in [0.1, 0.15) is 38.2 Å². The van der Waals surface area contributed by atoms with Gasteiger partial charge in [-0.25, -0.2) is 0 Å². The van der Waals surface area contributed by atoms with Gasteiger partial charge in [-0.1, -0.05) is 43.2 Å². The Labute approximate surface area is 194 Å². The largest absolute Gasteiger partial charge is 0.355 e. The van der Waals surface area contributed by atoms with E-state index in [1.54, 1.807) is 0 Å². The summed E-state index contributed by atoms with van der Waals surface area (Å²) in [5.41, 5.74) is 7.38. The average molecular weight is 468 g/mol. The predicted molar refractivity (Wildman–Crippen MR) is 127 cm³/mol. The molecular weight excluding hydrogens is 431 g/mol. The minimum absolute atomic E-state index is 0. The molecule has 1 heterocycles. The Kier molecular flexibility index (Phi) is 13.4. The molecule has 3 rings (SSSR count). The summed E-state index contributed by atoms with van der Waals surface area (Å²) in [6, 6.07) is 10.7. The fourth-order valence-electron chi connectivity index (χ4n) is 4.26. The zero-order chi connectivity index (χ0) is 18.4. The van der Waals surface area contributed by atoms with Crippen molar-refractivity contribution in [3.8, 4) is 0 Å². The number of amides is 1. The van der Waals surface area contributed by atoms with Gasteiger partial charge in [-0.3, -0.25) is 14.6 Å². The van der Waals surface area contributed by atoms with Crippen LogP contribution in [0.3, 0.4) is 0 Å². The first-order valence-corrected chi connectivity index (χ1v) is 10.1. The molecule has 0 aromatic heterocycles. The molecule has 0 radical (unpaired) electrons. The van der Waals surface area contributed by atoms with Crippen molar-refractivity contribution < 1.29 is 4.79 Å². The molecule has 2 atom stereocenters. The van der Waals surface area contributed by atoms with Gasteiger partial charge in [-0.15, -0.1) is 37.2 Å². The Hall–Kier alpha value is -0.560. The Morgan fingerprint density at radius 2 is 1.69 bits per heavy atom. The molecule has 168 valence electrons. The lowest BCUT2D eigenvalue weighted by molar-refractivity contribution is -0.128. The summed E-state index contributed by atoms with van der Waals surface area (Å²) < 4.78 is 0. The van der Waals surface area contributed by atoms with E-state index >= 15 is 0 Å². The van der Waals surface area contributed by atoms with Gasteiger partial charge in [0.2, 0.25) is 5.91 Å². The lowest BCUT2D eigenvalue weighted by atomic mass is 9.74. The summed E-state index contributed by atoms with van der Waals surface area (Å²) in [5, 5.41) is 3.13. The van der Waals surface area contributed by atoms with Crippen molar-refractivity contribution in [3.63, 3.8) is 0 Å². The Balaban J connectivity index is 0.00000261. The van der Waals surface area contributed by atoms with Crippen LogP contribution in [0, 0.1) is 5.92 Å². The Bertz CT molecular complexity index is 581. The van der Waals surface area contributed by atoms with Crippen LogP contribution in [0.2, 0.25) is 0 Å². The quantitative estimate of drug-likeness (QED) is 0.675. The van der Waals surface area contributed by atoms with Crippen LogP contribution in [0.5, 0.6) is 0 Å². The molecule has 1 saturated carbocycles. The molecule has 8 heteroatoms. The van der Waals surface area contributed by atoms with Crippen molar-refractivity contribution in [3.05, 3.63) is 35.9 Å². The number of nitrogens with one attached hydrogen (secondary N) is 1. The molecule has 5 nitrogen and oxygen atoms in total. The zero-order valence-corrected chi connectivity index (χ0v) is 19.8. The standard InChI is InChI=1S/C21H34N4O.3ClH/c1-21(22)10-6-5-9-19(21)20(26)23-11-12-24-13-15-25(16-14-24)17-18-7-3-2-4-8-18;;;/h2-4,7-8,19H,5-6,9-17,22H2,1H3,(H,23,26);3*1H. The zero-order valence-electron chi connectivity index (χ0n) is 17.3. The summed E-state index contributed by atoms with van der Waals surface area (Å²) in [6.45, 7) is 9.04. The van der Waals surface area contributed by atoms with E-state index in [-0.39, 0.29) is 54.6 Å². The number of carbonyl (C=O) groups excluding carboxylic acids is 1. The van der Waals surface area contributed by atoms with Gasteiger partial charge >= 0.3 is 0 Å². The van der Waals surface area contributed by atoms with E-state index in [1.807, 2.05) is 6.92 Å². The molecular formula is C21H37Cl3N4O. The summed E-state index contributed by atoms with van der Waals surface area (Å²) in [5.74, 6) is 0.122. The SMILES string of the molecule is CC1(N)CCCCC1C(=O)NCCN1CCN(Cc2ccccc2)CC1.Cl.Cl.Cl. The molecule has 0 spiro atoms. The molecule has 1 aliphatic carbocycles. The van der Waals surface area contributed by atoms with Crippen molar-refractivity contribution >= 4 is 43.1 Å². The summed E-state index contributed by atoms with van der Waals surface area (Å²) >= 11 is 0. The molecule has 2 aliphatic rings. The van der Waals surface area contributed by atoms with Crippen LogP contribution < -0.4 is 11.1 Å². The highest BCUT2D eigenvalue weighted by atomic mass is 35.5. The Morgan fingerprint density at radius 1 is 1.07 bits per heavy atom. The number of nitrogens with two attached hydrogens (primary N) is 1. The fourth-order valence-corrected chi connectivity index (χ4v) is 4.26. The maximum atomic E-state index is 12.5. The first-order chi connectivity index (χ1) is 12.5. The molecule has 2 fully saturated rings. The molecule has 2 unspecified atom stereocenters. The number of carbonyl (C=O) groups is 1. The van der Waals surface area contributed by atoms with E-state index in [1.165, 1.54) is 5.56 Å². The number of piperazine rings is 1. The van der Waals surface area contributed by atoms with Crippen LogP contribution in [0.15, 0.2) is 30.3 Å². The van der Waals surface area contributed by atoms with E-state index < -0.39 is 0 Å². The number of hydrogen-bond donors (Lipinski definition) is 2. The minimum atomic E-state index is -0.342. The highest BCUT2D eigenvalue weighted by molar-refractivity contribution is 5.86. The molecule has 1 amide bonds. The van der Waals surface area contributed by atoms with Crippen molar-refractivity contribution in [2.45, 2.75) is 44.7 Å². The van der Waals surface area contributed by atoms with E-state index in [0.29, 0.717) is 0 Å². The van der Waals surface area contributed by atoms with Gasteiger partial charge in [0.1, 0.15) is 0 Å². The third-order valence-electron chi connectivity index (χ3n) is 6.01. The molecule has 1 aromatic carbocycles. The monoisotopic (exact) mass is 466 g/mol. The predicted octanol–water partition coefficient (Wildman–Crippen LogP) is 3.09. The topological polar surface area (TPSA) is 61.6 Å². The van der Waals surface area contributed by atoms with Gasteiger partial charge in [0, 0.05) is 51.4 Å². The second kappa shape index (κ2) is 13.7. The lowest BCUT2D eigenvalue weighted by Gasteiger charge is -2.37. The maximum Gasteiger partial charge on any atom is 0.225 e. The highest BCUT2D eigenvalue weighted by Gasteiger charge is 2.37. The molecule has 29 heavy (non-hydrogen) atoms. The van der Waals surface area contributed by atoms with Gasteiger partial charge in [-0.05, 0) is 25.3 Å². The number of halogens is 3. The fraction of sp³-hybridized carbons (Fsp3) is 0.667. The third-order valence-corrected chi connectivity index (χ3v) is 6.01. The molecule has 0 bridgehead atoms. The lowest BCUT2D eigenvalue weighted by Crippen LogP contribution is -2.54.